The monoisotopic (exact) mass is 433 g/mol. The third kappa shape index (κ3) is 3.69. The van der Waals surface area contributed by atoms with Crippen molar-refractivity contribution < 1.29 is 8.42 Å². The van der Waals surface area contributed by atoms with E-state index in [1.807, 2.05) is 35.0 Å². The first kappa shape index (κ1) is 16.4. The molecule has 3 aromatic rings. The predicted octanol–water partition coefficient (Wildman–Crippen LogP) is 5.02. The molecule has 0 saturated heterocycles. The molecule has 0 radical (unpaired) electrons. The summed E-state index contributed by atoms with van der Waals surface area (Å²) < 4.78 is 28.6. The standard InChI is InChI=1S/C14H12BrNO2S4/c15-13-5-6-14(21-13)22(17,18)16(9-11-3-1-7-19-11)10-12-4-2-8-20-12/h1-8H,9-10H2. The molecule has 22 heavy (non-hydrogen) atoms. The molecule has 0 saturated carbocycles. The van der Waals surface area contributed by atoms with Gasteiger partial charge in [-0.25, -0.2) is 8.42 Å². The maximum atomic E-state index is 12.9. The summed E-state index contributed by atoms with van der Waals surface area (Å²) in [5, 5.41) is 3.93. The van der Waals surface area contributed by atoms with Crippen LogP contribution in [0.1, 0.15) is 9.75 Å². The maximum absolute atomic E-state index is 12.9. The highest BCUT2D eigenvalue weighted by atomic mass is 79.9. The van der Waals surface area contributed by atoms with Gasteiger partial charge in [0, 0.05) is 22.8 Å². The molecule has 0 unspecified atom stereocenters. The average Bonchev–Trinajstić information content (AvgIpc) is 3.19. The minimum Gasteiger partial charge on any atom is -0.206 e. The van der Waals surface area contributed by atoms with E-state index in [2.05, 4.69) is 15.9 Å². The molecule has 3 aromatic heterocycles. The smallest absolute Gasteiger partial charge is 0.206 e. The van der Waals surface area contributed by atoms with Crippen LogP contribution >= 0.6 is 49.9 Å². The first-order valence-electron chi connectivity index (χ1n) is 6.36. The molecule has 116 valence electrons. The van der Waals surface area contributed by atoms with Crippen LogP contribution in [0.15, 0.2) is 55.2 Å². The Morgan fingerprint density at radius 2 is 1.55 bits per heavy atom. The summed E-state index contributed by atoms with van der Waals surface area (Å²) in [6.45, 7) is 0.792. The van der Waals surface area contributed by atoms with Crippen molar-refractivity contribution >= 4 is 60.0 Å². The molecular weight excluding hydrogens is 422 g/mol. The van der Waals surface area contributed by atoms with Crippen molar-refractivity contribution in [3.05, 3.63) is 60.7 Å². The van der Waals surface area contributed by atoms with Crippen molar-refractivity contribution in [2.75, 3.05) is 0 Å². The molecule has 3 heterocycles. The van der Waals surface area contributed by atoms with E-state index in [-0.39, 0.29) is 0 Å². The van der Waals surface area contributed by atoms with Crippen LogP contribution in [-0.2, 0) is 23.1 Å². The summed E-state index contributed by atoms with van der Waals surface area (Å²) in [5.74, 6) is 0. The molecule has 0 aliphatic carbocycles. The molecule has 3 rings (SSSR count). The Bertz CT molecular complexity index is 786. The van der Waals surface area contributed by atoms with Gasteiger partial charge in [0.25, 0.3) is 10.0 Å². The van der Waals surface area contributed by atoms with Gasteiger partial charge in [-0.3, -0.25) is 0 Å². The first-order valence-corrected chi connectivity index (χ1v) is 11.2. The normalized spacial score (nSPS) is 12.1. The van der Waals surface area contributed by atoms with Crippen LogP contribution in [0, 0.1) is 0 Å². The third-order valence-electron chi connectivity index (χ3n) is 2.97. The summed E-state index contributed by atoms with van der Waals surface area (Å²) >= 11 is 7.72. The Morgan fingerprint density at radius 3 is 1.95 bits per heavy atom. The van der Waals surface area contributed by atoms with Crippen LogP contribution in [-0.4, -0.2) is 12.7 Å². The van der Waals surface area contributed by atoms with Crippen LogP contribution in [0.2, 0.25) is 0 Å². The zero-order valence-corrected chi connectivity index (χ0v) is 16.2. The van der Waals surface area contributed by atoms with Gasteiger partial charge in [-0.2, -0.15) is 4.31 Å². The lowest BCUT2D eigenvalue weighted by Crippen LogP contribution is -2.29. The number of hydrogen-bond donors (Lipinski definition) is 0. The van der Waals surface area contributed by atoms with Crippen LogP contribution in [0.5, 0.6) is 0 Å². The van der Waals surface area contributed by atoms with Gasteiger partial charge in [-0.1, -0.05) is 12.1 Å². The zero-order chi connectivity index (χ0) is 15.6. The fourth-order valence-electron chi connectivity index (χ4n) is 1.94. The lowest BCUT2D eigenvalue weighted by molar-refractivity contribution is 0.408. The Hall–Kier alpha value is -0.510. The minimum absolute atomic E-state index is 0.368. The second-order valence-electron chi connectivity index (χ2n) is 4.49. The zero-order valence-electron chi connectivity index (χ0n) is 11.3. The van der Waals surface area contributed by atoms with Gasteiger partial charge in [0.2, 0.25) is 0 Å². The van der Waals surface area contributed by atoms with Crippen molar-refractivity contribution in [2.45, 2.75) is 17.3 Å². The largest absolute Gasteiger partial charge is 0.253 e. The quantitative estimate of drug-likeness (QED) is 0.546. The van der Waals surface area contributed by atoms with Gasteiger partial charge in [-0.15, -0.1) is 34.0 Å². The number of sulfonamides is 1. The molecule has 0 aliphatic heterocycles. The summed E-state index contributed by atoms with van der Waals surface area (Å²) in [7, 11) is -3.50. The molecule has 0 amide bonds. The Labute approximate surface area is 150 Å². The van der Waals surface area contributed by atoms with Crippen molar-refractivity contribution in [2.24, 2.45) is 0 Å². The molecular formula is C14H12BrNO2S4. The van der Waals surface area contributed by atoms with E-state index in [1.54, 1.807) is 39.1 Å². The number of nitrogens with zero attached hydrogens (tertiary/aromatic N) is 1. The van der Waals surface area contributed by atoms with E-state index in [0.29, 0.717) is 17.3 Å². The fraction of sp³-hybridized carbons (Fsp3) is 0.143. The summed E-state index contributed by atoms with van der Waals surface area (Å²) in [6, 6.07) is 11.2. The second kappa shape index (κ2) is 6.94. The number of halogens is 1. The molecule has 0 aromatic carbocycles. The SMILES string of the molecule is O=S(=O)(c1ccc(Br)s1)N(Cc1cccs1)Cc1cccs1. The van der Waals surface area contributed by atoms with Crippen molar-refractivity contribution in [1.29, 1.82) is 0 Å². The molecule has 0 N–H and O–H groups in total. The summed E-state index contributed by atoms with van der Waals surface area (Å²) in [4.78, 5) is 2.08. The molecule has 8 heteroatoms. The Kier molecular flexibility index (Phi) is 5.16. The van der Waals surface area contributed by atoms with Crippen LogP contribution in [0.25, 0.3) is 0 Å². The Balaban J connectivity index is 1.93. The molecule has 0 aliphatic rings. The third-order valence-corrected chi connectivity index (χ3v) is 8.57. The first-order chi connectivity index (χ1) is 10.6. The highest BCUT2D eigenvalue weighted by molar-refractivity contribution is 9.11. The molecule has 0 atom stereocenters. The van der Waals surface area contributed by atoms with Gasteiger partial charge in [0.15, 0.2) is 0 Å². The molecule has 0 bridgehead atoms. The second-order valence-corrected chi connectivity index (χ2v) is 11.2. The van der Waals surface area contributed by atoms with E-state index < -0.39 is 10.0 Å². The number of hydrogen-bond acceptors (Lipinski definition) is 5. The fourth-order valence-corrected chi connectivity index (χ4v) is 7.10. The van der Waals surface area contributed by atoms with Gasteiger partial charge < -0.3 is 0 Å². The Morgan fingerprint density at radius 1 is 0.955 bits per heavy atom. The van der Waals surface area contributed by atoms with Gasteiger partial charge in [-0.05, 0) is 51.0 Å². The highest BCUT2D eigenvalue weighted by Gasteiger charge is 2.27. The van der Waals surface area contributed by atoms with Crippen molar-refractivity contribution in [3.63, 3.8) is 0 Å². The maximum Gasteiger partial charge on any atom is 0.253 e. The van der Waals surface area contributed by atoms with E-state index in [1.165, 1.54) is 11.3 Å². The van der Waals surface area contributed by atoms with Crippen LogP contribution in [0.4, 0.5) is 0 Å². The lowest BCUT2D eigenvalue weighted by atomic mass is 10.4. The van der Waals surface area contributed by atoms with Crippen molar-refractivity contribution in [3.8, 4) is 0 Å². The minimum atomic E-state index is -3.50. The molecule has 0 fully saturated rings. The van der Waals surface area contributed by atoms with Crippen LogP contribution in [0.3, 0.4) is 0 Å². The van der Waals surface area contributed by atoms with Crippen LogP contribution < -0.4 is 0 Å². The average molecular weight is 434 g/mol. The van der Waals surface area contributed by atoms with E-state index in [4.69, 9.17) is 0 Å². The predicted molar refractivity (Wildman–Crippen MR) is 97.1 cm³/mol. The van der Waals surface area contributed by atoms with Gasteiger partial charge in [0.1, 0.15) is 4.21 Å². The number of thiophene rings is 3. The topological polar surface area (TPSA) is 37.4 Å². The van der Waals surface area contributed by atoms with E-state index in [9.17, 15) is 8.42 Å². The molecule has 3 nitrogen and oxygen atoms in total. The van der Waals surface area contributed by atoms with Gasteiger partial charge in [0.05, 0.1) is 3.79 Å². The van der Waals surface area contributed by atoms with Crippen molar-refractivity contribution in [1.82, 2.24) is 4.31 Å². The summed E-state index contributed by atoms with van der Waals surface area (Å²) in [6.07, 6.45) is 0. The highest BCUT2D eigenvalue weighted by Crippen LogP contribution is 2.31. The lowest BCUT2D eigenvalue weighted by Gasteiger charge is -2.20. The van der Waals surface area contributed by atoms with Gasteiger partial charge >= 0.3 is 0 Å². The van der Waals surface area contributed by atoms with E-state index in [0.717, 1.165) is 13.5 Å². The number of rotatable bonds is 6. The molecule has 0 spiro atoms. The summed E-state index contributed by atoms with van der Waals surface area (Å²) in [5.41, 5.74) is 0. The van der Waals surface area contributed by atoms with E-state index >= 15 is 0 Å².